The number of sulfonamides is 1. The number of nitrogens with one attached hydrogen (secondary N) is 2. The van der Waals surface area contributed by atoms with E-state index >= 15 is 0 Å². The van der Waals surface area contributed by atoms with Crippen LogP contribution in [0.25, 0.3) is 0 Å². The molecule has 0 fully saturated rings. The summed E-state index contributed by atoms with van der Waals surface area (Å²) in [5.74, 6) is -0.607. The number of amides is 1. The van der Waals surface area contributed by atoms with Gasteiger partial charge in [-0.3, -0.25) is 4.79 Å². The summed E-state index contributed by atoms with van der Waals surface area (Å²) in [7, 11) is -4.06. The Hall–Kier alpha value is -3.23. The Morgan fingerprint density at radius 3 is 2.29 bits per heavy atom. The fourth-order valence-electron chi connectivity index (χ4n) is 2.98. The molecule has 3 rings (SSSR count). The zero-order valence-electron chi connectivity index (χ0n) is 16.9. The van der Waals surface area contributed by atoms with Gasteiger partial charge in [-0.15, -0.1) is 0 Å². The molecule has 0 radical (unpaired) electrons. The average Bonchev–Trinajstić information content (AvgIpc) is 2.76. The molecule has 0 aliphatic rings. The van der Waals surface area contributed by atoms with Crippen molar-refractivity contribution in [1.82, 2.24) is 4.72 Å². The summed E-state index contributed by atoms with van der Waals surface area (Å²) in [5, 5.41) is 2.75. The van der Waals surface area contributed by atoms with E-state index < -0.39 is 27.8 Å². The van der Waals surface area contributed by atoms with Gasteiger partial charge in [-0.1, -0.05) is 42.5 Å². The van der Waals surface area contributed by atoms with Crippen molar-refractivity contribution in [2.24, 2.45) is 0 Å². The number of hydrogen-bond donors (Lipinski definition) is 2. The first-order valence-corrected chi connectivity index (χ1v) is 11.2. The fraction of sp³-hybridized carbons (Fsp3) is 0.174. The molecule has 2 N–H and O–H groups in total. The molecule has 162 valence electrons. The highest BCUT2D eigenvalue weighted by molar-refractivity contribution is 7.89. The molecule has 0 spiro atoms. The second kappa shape index (κ2) is 10.2. The maximum absolute atomic E-state index is 13.2. The van der Waals surface area contributed by atoms with E-state index in [1.165, 1.54) is 0 Å². The van der Waals surface area contributed by atoms with E-state index in [4.69, 9.17) is 4.74 Å². The van der Waals surface area contributed by atoms with Gasteiger partial charge in [0, 0.05) is 0 Å². The molecule has 0 aliphatic heterocycles. The van der Waals surface area contributed by atoms with Crippen LogP contribution in [0, 0.1) is 5.82 Å². The molecule has 1 amide bonds. The standard InChI is InChI=1S/C23H23FN2O4S/c1-2-30-22-11-7-6-10-20(22)25-23(27)21(16-17-8-4-3-5-9-17)26-31(28,29)19-14-12-18(24)13-15-19/h3-15,21,26H,2,16H2,1H3,(H,25,27). The highest BCUT2D eigenvalue weighted by Gasteiger charge is 2.27. The number of carbonyl (C=O) groups excluding carboxylic acids is 1. The van der Waals surface area contributed by atoms with Crippen molar-refractivity contribution in [1.29, 1.82) is 0 Å². The van der Waals surface area contributed by atoms with Crippen LogP contribution in [0.4, 0.5) is 10.1 Å². The second-order valence-corrected chi connectivity index (χ2v) is 8.45. The van der Waals surface area contributed by atoms with Crippen LogP contribution in [-0.2, 0) is 21.2 Å². The molecule has 1 unspecified atom stereocenters. The van der Waals surface area contributed by atoms with Gasteiger partial charge in [-0.25, -0.2) is 12.8 Å². The Bertz CT molecular complexity index is 1120. The third kappa shape index (κ3) is 6.13. The van der Waals surface area contributed by atoms with Crippen LogP contribution < -0.4 is 14.8 Å². The second-order valence-electron chi connectivity index (χ2n) is 6.74. The van der Waals surface area contributed by atoms with Gasteiger partial charge in [0.25, 0.3) is 0 Å². The van der Waals surface area contributed by atoms with Gasteiger partial charge in [0.05, 0.1) is 17.2 Å². The molecule has 3 aromatic carbocycles. The largest absolute Gasteiger partial charge is 0.492 e. The first-order valence-electron chi connectivity index (χ1n) is 9.73. The number of halogens is 1. The smallest absolute Gasteiger partial charge is 0.243 e. The number of rotatable bonds is 9. The lowest BCUT2D eigenvalue weighted by Gasteiger charge is -2.20. The van der Waals surface area contributed by atoms with Crippen molar-refractivity contribution in [2.45, 2.75) is 24.3 Å². The zero-order valence-corrected chi connectivity index (χ0v) is 17.7. The van der Waals surface area contributed by atoms with Crippen molar-refractivity contribution in [3.05, 3.63) is 90.2 Å². The van der Waals surface area contributed by atoms with Gasteiger partial charge in [-0.05, 0) is 55.3 Å². The molecule has 8 heteroatoms. The van der Waals surface area contributed by atoms with E-state index in [0.717, 1.165) is 29.8 Å². The average molecular weight is 443 g/mol. The minimum absolute atomic E-state index is 0.129. The number of benzene rings is 3. The van der Waals surface area contributed by atoms with Gasteiger partial charge < -0.3 is 10.1 Å². The highest BCUT2D eigenvalue weighted by Crippen LogP contribution is 2.24. The molecule has 0 saturated heterocycles. The maximum Gasteiger partial charge on any atom is 0.243 e. The van der Waals surface area contributed by atoms with E-state index in [0.29, 0.717) is 18.0 Å². The van der Waals surface area contributed by atoms with Crippen LogP contribution in [-0.4, -0.2) is 27.0 Å². The van der Waals surface area contributed by atoms with Crippen LogP contribution in [0.2, 0.25) is 0 Å². The summed E-state index contributed by atoms with van der Waals surface area (Å²) >= 11 is 0. The van der Waals surface area contributed by atoms with E-state index in [1.54, 1.807) is 36.4 Å². The van der Waals surface area contributed by atoms with Crippen LogP contribution in [0.15, 0.2) is 83.8 Å². The predicted octanol–water partition coefficient (Wildman–Crippen LogP) is 3.75. The Morgan fingerprint density at radius 2 is 1.61 bits per heavy atom. The Balaban J connectivity index is 1.87. The maximum atomic E-state index is 13.2. The van der Waals surface area contributed by atoms with Crippen molar-refractivity contribution in [2.75, 3.05) is 11.9 Å². The summed E-state index contributed by atoms with van der Waals surface area (Å²) < 4.78 is 46.8. The van der Waals surface area contributed by atoms with E-state index in [1.807, 2.05) is 25.1 Å². The SMILES string of the molecule is CCOc1ccccc1NC(=O)C(Cc1ccccc1)NS(=O)(=O)c1ccc(F)cc1. The molecule has 0 saturated carbocycles. The van der Waals surface area contributed by atoms with Gasteiger partial charge in [0.15, 0.2) is 0 Å². The minimum atomic E-state index is -4.06. The number of carbonyl (C=O) groups is 1. The van der Waals surface area contributed by atoms with E-state index in [9.17, 15) is 17.6 Å². The lowest BCUT2D eigenvalue weighted by molar-refractivity contribution is -0.117. The third-order valence-electron chi connectivity index (χ3n) is 4.47. The van der Waals surface area contributed by atoms with Gasteiger partial charge in [0.2, 0.25) is 15.9 Å². The summed E-state index contributed by atoms with van der Waals surface area (Å²) in [6.07, 6.45) is 0.129. The van der Waals surface area contributed by atoms with Gasteiger partial charge in [0.1, 0.15) is 17.6 Å². The molecule has 0 heterocycles. The number of hydrogen-bond acceptors (Lipinski definition) is 4. The summed E-state index contributed by atoms with van der Waals surface area (Å²) in [6, 6.07) is 19.3. The van der Waals surface area contributed by atoms with E-state index in [2.05, 4.69) is 10.0 Å². The summed E-state index contributed by atoms with van der Waals surface area (Å²) in [6.45, 7) is 2.24. The van der Waals surface area contributed by atoms with Crippen LogP contribution in [0.5, 0.6) is 5.75 Å². The monoisotopic (exact) mass is 442 g/mol. The topological polar surface area (TPSA) is 84.5 Å². The molecular formula is C23H23FN2O4S. The Labute approximate surface area is 181 Å². The molecule has 0 aliphatic carbocycles. The Morgan fingerprint density at radius 1 is 0.968 bits per heavy atom. The molecule has 3 aromatic rings. The molecule has 0 bridgehead atoms. The lowest BCUT2D eigenvalue weighted by Crippen LogP contribution is -2.45. The minimum Gasteiger partial charge on any atom is -0.492 e. The van der Waals surface area contributed by atoms with Crippen molar-refractivity contribution >= 4 is 21.6 Å². The van der Waals surface area contributed by atoms with Crippen molar-refractivity contribution in [3.63, 3.8) is 0 Å². The highest BCUT2D eigenvalue weighted by atomic mass is 32.2. The molecular weight excluding hydrogens is 419 g/mol. The lowest BCUT2D eigenvalue weighted by atomic mass is 10.1. The molecule has 1 atom stereocenters. The van der Waals surface area contributed by atoms with Gasteiger partial charge in [-0.2, -0.15) is 4.72 Å². The molecule has 0 aromatic heterocycles. The van der Waals surface area contributed by atoms with Gasteiger partial charge >= 0.3 is 0 Å². The molecule has 31 heavy (non-hydrogen) atoms. The summed E-state index contributed by atoms with van der Waals surface area (Å²) in [4.78, 5) is 13.0. The fourth-order valence-corrected chi connectivity index (χ4v) is 4.17. The first-order chi connectivity index (χ1) is 14.9. The van der Waals surface area contributed by atoms with Crippen molar-refractivity contribution < 1.29 is 22.3 Å². The van der Waals surface area contributed by atoms with Crippen molar-refractivity contribution in [3.8, 4) is 5.75 Å². The number of para-hydroxylation sites is 2. The number of anilines is 1. The van der Waals surface area contributed by atoms with Crippen LogP contribution in [0.1, 0.15) is 12.5 Å². The normalized spacial score (nSPS) is 12.2. The number of ether oxygens (including phenoxy) is 1. The third-order valence-corrected chi connectivity index (χ3v) is 5.95. The predicted molar refractivity (Wildman–Crippen MR) is 117 cm³/mol. The zero-order chi connectivity index (χ0) is 22.3. The summed E-state index contributed by atoms with van der Waals surface area (Å²) in [5.41, 5.74) is 1.22. The first kappa shape index (κ1) is 22.5. The molecule has 6 nitrogen and oxygen atoms in total. The van der Waals surface area contributed by atoms with Crippen LogP contribution >= 0.6 is 0 Å². The quantitative estimate of drug-likeness (QED) is 0.529. The van der Waals surface area contributed by atoms with Crippen LogP contribution in [0.3, 0.4) is 0 Å². The Kier molecular flexibility index (Phi) is 7.38. The van der Waals surface area contributed by atoms with E-state index in [-0.39, 0.29) is 11.3 Å².